The number of halogens is 1. The highest BCUT2D eigenvalue weighted by Crippen LogP contribution is 2.22. The van der Waals surface area contributed by atoms with Crippen molar-refractivity contribution in [3.63, 3.8) is 0 Å². The number of hydrogen-bond acceptors (Lipinski definition) is 4. The van der Waals surface area contributed by atoms with E-state index < -0.39 is 10.0 Å². The third-order valence-electron chi connectivity index (χ3n) is 2.92. The van der Waals surface area contributed by atoms with E-state index in [0.29, 0.717) is 17.6 Å². The number of nitrogens with one attached hydrogen (secondary N) is 1. The minimum Gasteiger partial charge on any atom is -0.326 e. The number of nitrogens with two attached hydrogens (primary N) is 1. The van der Waals surface area contributed by atoms with Crippen molar-refractivity contribution < 1.29 is 8.42 Å². The summed E-state index contributed by atoms with van der Waals surface area (Å²) >= 11 is 3.26. The largest absolute Gasteiger partial charge is 0.326 e. The van der Waals surface area contributed by atoms with Crippen molar-refractivity contribution in [1.29, 1.82) is 0 Å². The average Bonchev–Trinajstić information content (AvgIpc) is 2.84. The van der Waals surface area contributed by atoms with E-state index in [1.165, 1.54) is 0 Å². The Labute approximate surface area is 132 Å². The Kier molecular flexibility index (Phi) is 5.15. The number of aromatic nitrogens is 2. The van der Waals surface area contributed by atoms with Crippen molar-refractivity contribution >= 4 is 26.0 Å². The van der Waals surface area contributed by atoms with Crippen LogP contribution >= 0.6 is 15.9 Å². The second-order valence-electron chi connectivity index (χ2n) is 4.65. The highest BCUT2D eigenvalue weighted by atomic mass is 79.9. The van der Waals surface area contributed by atoms with E-state index in [1.54, 1.807) is 29.1 Å². The number of benzene rings is 1. The molecule has 0 atom stereocenters. The van der Waals surface area contributed by atoms with Crippen LogP contribution in [0.2, 0.25) is 0 Å². The fourth-order valence-corrected chi connectivity index (χ4v) is 3.87. The molecule has 21 heavy (non-hydrogen) atoms. The molecule has 8 heteroatoms. The van der Waals surface area contributed by atoms with Crippen LogP contribution in [0.3, 0.4) is 0 Å². The molecule has 0 bridgehead atoms. The van der Waals surface area contributed by atoms with Gasteiger partial charge < -0.3 is 5.73 Å². The number of sulfonamides is 1. The van der Waals surface area contributed by atoms with Gasteiger partial charge in [-0.3, -0.25) is 4.68 Å². The van der Waals surface area contributed by atoms with Gasteiger partial charge in [0, 0.05) is 23.8 Å². The van der Waals surface area contributed by atoms with Gasteiger partial charge in [0.1, 0.15) is 0 Å². The van der Waals surface area contributed by atoms with Gasteiger partial charge in [-0.05, 0) is 46.1 Å². The first-order valence-corrected chi connectivity index (χ1v) is 8.67. The van der Waals surface area contributed by atoms with E-state index in [-0.39, 0.29) is 11.4 Å². The zero-order valence-electron chi connectivity index (χ0n) is 11.6. The molecule has 1 aromatic carbocycles. The number of rotatable bonds is 6. The summed E-state index contributed by atoms with van der Waals surface area (Å²) < 4.78 is 29.4. The second-order valence-corrected chi connectivity index (χ2v) is 7.24. The Hall–Kier alpha value is -1.22. The number of nitrogens with zero attached hydrogens (tertiary/aromatic N) is 2. The van der Waals surface area contributed by atoms with Crippen molar-refractivity contribution in [3.8, 4) is 0 Å². The summed E-state index contributed by atoms with van der Waals surface area (Å²) in [7, 11) is -3.58. The molecule has 0 saturated carbocycles. The molecule has 1 aromatic heterocycles. The van der Waals surface area contributed by atoms with Gasteiger partial charge in [-0.2, -0.15) is 5.10 Å². The molecule has 0 aliphatic heterocycles. The zero-order chi connectivity index (χ0) is 15.5. The number of hydrogen-bond donors (Lipinski definition) is 2. The van der Waals surface area contributed by atoms with Crippen molar-refractivity contribution in [2.75, 3.05) is 6.54 Å². The highest BCUT2D eigenvalue weighted by molar-refractivity contribution is 9.10. The molecule has 0 radical (unpaired) electrons. The Morgan fingerprint density at radius 3 is 2.81 bits per heavy atom. The molecule has 2 rings (SSSR count). The van der Waals surface area contributed by atoms with E-state index in [9.17, 15) is 8.42 Å². The van der Waals surface area contributed by atoms with Crippen LogP contribution in [0.5, 0.6) is 0 Å². The average molecular weight is 373 g/mol. The molecular formula is C13H17BrN4O2S. The molecule has 0 unspecified atom stereocenters. The molecule has 0 aliphatic rings. The third-order valence-corrected chi connectivity index (χ3v) is 5.37. The topological polar surface area (TPSA) is 90.0 Å². The molecule has 2 aromatic rings. The van der Waals surface area contributed by atoms with Crippen molar-refractivity contribution in [1.82, 2.24) is 14.5 Å². The first kappa shape index (κ1) is 16.2. The summed E-state index contributed by atoms with van der Waals surface area (Å²) in [4.78, 5) is 0.196. The molecule has 6 nitrogen and oxygen atoms in total. The smallest absolute Gasteiger partial charge is 0.241 e. The molecule has 0 aliphatic carbocycles. The van der Waals surface area contributed by atoms with Crippen molar-refractivity contribution in [2.24, 2.45) is 5.73 Å². The van der Waals surface area contributed by atoms with Crippen molar-refractivity contribution in [2.45, 2.75) is 24.9 Å². The summed E-state index contributed by atoms with van der Waals surface area (Å²) in [5.41, 5.74) is 7.35. The molecule has 1 heterocycles. The summed E-state index contributed by atoms with van der Waals surface area (Å²) in [6.07, 6.45) is 3.59. The Morgan fingerprint density at radius 1 is 1.43 bits per heavy atom. The maximum absolute atomic E-state index is 12.3. The van der Waals surface area contributed by atoms with Gasteiger partial charge in [0.15, 0.2) is 0 Å². The summed E-state index contributed by atoms with van der Waals surface area (Å²) in [6, 6.07) is 5.05. The first-order valence-electron chi connectivity index (χ1n) is 6.39. The van der Waals surface area contributed by atoms with Gasteiger partial charge in [-0.15, -0.1) is 0 Å². The van der Waals surface area contributed by atoms with Gasteiger partial charge >= 0.3 is 0 Å². The first-order chi connectivity index (χ1) is 9.92. The lowest BCUT2D eigenvalue weighted by Gasteiger charge is -2.10. The van der Waals surface area contributed by atoms with Crippen LogP contribution in [0.15, 0.2) is 40.0 Å². The predicted octanol–water partition coefficient (Wildman–Crippen LogP) is 1.39. The maximum Gasteiger partial charge on any atom is 0.241 e. The lowest BCUT2D eigenvalue weighted by atomic mass is 10.2. The summed E-state index contributed by atoms with van der Waals surface area (Å²) in [5.74, 6) is 0. The Balaban J connectivity index is 2.07. The fraction of sp³-hybridized carbons (Fsp3) is 0.308. The zero-order valence-corrected chi connectivity index (χ0v) is 14.0. The van der Waals surface area contributed by atoms with Crippen LogP contribution in [-0.2, 0) is 23.1 Å². The van der Waals surface area contributed by atoms with Crippen LogP contribution in [0.1, 0.15) is 11.1 Å². The quantitative estimate of drug-likeness (QED) is 0.801. The number of aryl methyl sites for hydroxylation is 1. The minimum absolute atomic E-state index is 0.196. The van der Waals surface area contributed by atoms with E-state index in [4.69, 9.17) is 5.73 Å². The molecule has 114 valence electrons. The van der Waals surface area contributed by atoms with Crippen LogP contribution in [0.4, 0.5) is 0 Å². The van der Waals surface area contributed by atoms with E-state index in [2.05, 4.69) is 25.8 Å². The Morgan fingerprint density at radius 2 is 2.19 bits per heavy atom. The molecule has 0 spiro atoms. The molecule has 0 saturated heterocycles. The van der Waals surface area contributed by atoms with Crippen molar-refractivity contribution in [3.05, 3.63) is 46.2 Å². The second kappa shape index (κ2) is 6.69. The van der Waals surface area contributed by atoms with Crippen LogP contribution in [0.25, 0.3) is 0 Å². The predicted molar refractivity (Wildman–Crippen MR) is 84.2 cm³/mol. The summed E-state index contributed by atoms with van der Waals surface area (Å²) in [6.45, 7) is 2.97. The third kappa shape index (κ3) is 4.13. The SMILES string of the molecule is Cc1cnn(CCNS(=O)(=O)c2cc(CN)ccc2Br)c1. The minimum atomic E-state index is -3.58. The van der Waals surface area contributed by atoms with Gasteiger partial charge in [-0.25, -0.2) is 13.1 Å². The summed E-state index contributed by atoms with van der Waals surface area (Å²) in [5, 5.41) is 4.11. The lowest BCUT2D eigenvalue weighted by Crippen LogP contribution is -2.28. The van der Waals surface area contributed by atoms with Gasteiger partial charge in [0.05, 0.1) is 17.6 Å². The van der Waals surface area contributed by atoms with Crippen LogP contribution < -0.4 is 10.5 Å². The van der Waals surface area contributed by atoms with Gasteiger partial charge in [0.2, 0.25) is 10.0 Å². The van der Waals surface area contributed by atoms with Gasteiger partial charge in [0.25, 0.3) is 0 Å². The highest BCUT2D eigenvalue weighted by Gasteiger charge is 2.17. The van der Waals surface area contributed by atoms with E-state index in [1.807, 2.05) is 13.1 Å². The normalized spacial score (nSPS) is 11.8. The lowest BCUT2D eigenvalue weighted by molar-refractivity contribution is 0.560. The van der Waals surface area contributed by atoms with E-state index in [0.717, 1.165) is 11.1 Å². The van der Waals surface area contributed by atoms with Crippen LogP contribution in [-0.4, -0.2) is 24.7 Å². The maximum atomic E-state index is 12.3. The van der Waals surface area contributed by atoms with Gasteiger partial charge in [-0.1, -0.05) is 6.07 Å². The van der Waals surface area contributed by atoms with Crippen LogP contribution in [0, 0.1) is 6.92 Å². The van der Waals surface area contributed by atoms with E-state index >= 15 is 0 Å². The molecule has 0 amide bonds. The Bertz CT molecular complexity index is 728. The standard InChI is InChI=1S/C13H17BrN4O2S/c1-10-8-16-18(9-10)5-4-17-21(19,20)13-6-11(7-15)2-3-12(13)14/h2-3,6,8-9,17H,4-5,7,15H2,1H3. The monoisotopic (exact) mass is 372 g/mol. The molecular weight excluding hydrogens is 356 g/mol. The molecule has 0 fully saturated rings. The molecule has 3 N–H and O–H groups in total. The fourth-order valence-electron chi connectivity index (χ4n) is 1.84.